The molecule has 0 bridgehead atoms. The third-order valence-electron chi connectivity index (χ3n) is 2.94. The zero-order valence-electron chi connectivity index (χ0n) is 12.6. The van der Waals surface area contributed by atoms with E-state index in [1.165, 1.54) is 6.07 Å². The van der Waals surface area contributed by atoms with Gasteiger partial charge < -0.3 is 15.5 Å². The van der Waals surface area contributed by atoms with Gasteiger partial charge in [0.15, 0.2) is 0 Å². The van der Waals surface area contributed by atoms with Crippen molar-refractivity contribution in [2.24, 2.45) is 11.7 Å². The van der Waals surface area contributed by atoms with Gasteiger partial charge in [-0.2, -0.15) is 0 Å². The Morgan fingerprint density at radius 1 is 1.24 bits per heavy atom. The Hall–Kier alpha value is -2.14. The van der Waals surface area contributed by atoms with Crippen LogP contribution in [0.5, 0.6) is 5.75 Å². The van der Waals surface area contributed by atoms with Crippen LogP contribution in [-0.2, 0) is 0 Å². The quantitative estimate of drug-likeness (QED) is 0.885. The number of aromatic nitrogens is 2. The van der Waals surface area contributed by atoms with Crippen molar-refractivity contribution in [1.82, 2.24) is 9.97 Å². The second-order valence-electron chi connectivity index (χ2n) is 5.54. The summed E-state index contributed by atoms with van der Waals surface area (Å²) in [6, 6.07) is 8.64. The Kier molecular flexibility index (Phi) is 4.75. The molecule has 112 valence electrons. The molecule has 0 radical (unpaired) electrons. The summed E-state index contributed by atoms with van der Waals surface area (Å²) in [7, 11) is 0. The lowest BCUT2D eigenvalue weighted by atomic mass is 10.2. The lowest BCUT2D eigenvalue weighted by Gasteiger charge is -2.10. The van der Waals surface area contributed by atoms with E-state index < -0.39 is 0 Å². The Labute approximate surface area is 124 Å². The summed E-state index contributed by atoms with van der Waals surface area (Å²) in [5.74, 6) is 1.80. The maximum absolute atomic E-state index is 11.7. The van der Waals surface area contributed by atoms with Crippen molar-refractivity contribution in [3.05, 3.63) is 46.4 Å². The maximum atomic E-state index is 11.7. The molecule has 0 aliphatic heterocycles. The van der Waals surface area contributed by atoms with Gasteiger partial charge in [0.05, 0.1) is 12.3 Å². The summed E-state index contributed by atoms with van der Waals surface area (Å²) < 4.78 is 5.63. The monoisotopic (exact) mass is 287 g/mol. The van der Waals surface area contributed by atoms with Gasteiger partial charge in [-0.3, -0.25) is 4.79 Å². The number of hydrogen-bond donors (Lipinski definition) is 2. The van der Waals surface area contributed by atoms with Crippen molar-refractivity contribution in [3.8, 4) is 17.1 Å². The fourth-order valence-electron chi connectivity index (χ4n) is 1.82. The number of rotatable bonds is 5. The average molecular weight is 287 g/mol. The number of aromatic amines is 1. The Morgan fingerprint density at radius 3 is 2.48 bits per heavy atom. The van der Waals surface area contributed by atoms with Crippen LogP contribution in [0.1, 0.15) is 32.5 Å². The van der Waals surface area contributed by atoms with Gasteiger partial charge in [-0.05, 0) is 37.1 Å². The van der Waals surface area contributed by atoms with Crippen LogP contribution in [0.2, 0.25) is 0 Å². The normalized spacial score (nSPS) is 12.4. The van der Waals surface area contributed by atoms with Gasteiger partial charge in [-0.15, -0.1) is 0 Å². The first kappa shape index (κ1) is 15.3. The molecule has 0 fully saturated rings. The number of nitrogens with one attached hydrogen (secondary N) is 1. The van der Waals surface area contributed by atoms with Gasteiger partial charge in [0, 0.05) is 17.7 Å². The highest BCUT2D eigenvalue weighted by Crippen LogP contribution is 2.20. The molecule has 1 heterocycles. The highest BCUT2D eigenvalue weighted by Gasteiger charge is 2.07. The van der Waals surface area contributed by atoms with E-state index in [-0.39, 0.29) is 11.6 Å². The Morgan fingerprint density at radius 2 is 1.90 bits per heavy atom. The van der Waals surface area contributed by atoms with Crippen LogP contribution in [-0.4, -0.2) is 16.6 Å². The fraction of sp³-hybridized carbons (Fsp3) is 0.375. The zero-order chi connectivity index (χ0) is 15.4. The third kappa shape index (κ3) is 4.16. The van der Waals surface area contributed by atoms with Crippen LogP contribution in [0.25, 0.3) is 11.4 Å². The molecule has 21 heavy (non-hydrogen) atoms. The molecule has 1 aromatic heterocycles. The minimum atomic E-state index is -0.278. The van der Waals surface area contributed by atoms with Gasteiger partial charge in [-0.25, -0.2) is 4.98 Å². The molecular formula is C16H21N3O2. The second kappa shape index (κ2) is 6.54. The number of nitrogens with zero attached hydrogens (tertiary/aromatic N) is 1. The van der Waals surface area contributed by atoms with Gasteiger partial charge in [0.25, 0.3) is 5.56 Å². The van der Waals surface area contributed by atoms with E-state index >= 15 is 0 Å². The molecule has 5 heteroatoms. The van der Waals surface area contributed by atoms with Crippen LogP contribution < -0.4 is 16.0 Å². The molecule has 0 amide bonds. The van der Waals surface area contributed by atoms with E-state index in [0.717, 1.165) is 11.3 Å². The Bertz CT molecular complexity index is 645. The molecule has 0 saturated carbocycles. The summed E-state index contributed by atoms with van der Waals surface area (Å²) in [4.78, 5) is 18.8. The van der Waals surface area contributed by atoms with Crippen LogP contribution in [0.4, 0.5) is 0 Å². The van der Waals surface area contributed by atoms with E-state index in [0.29, 0.717) is 24.0 Å². The average Bonchev–Trinajstić information content (AvgIpc) is 2.45. The van der Waals surface area contributed by atoms with E-state index in [9.17, 15) is 4.79 Å². The third-order valence-corrected chi connectivity index (χ3v) is 2.94. The van der Waals surface area contributed by atoms with Gasteiger partial charge in [0.1, 0.15) is 11.6 Å². The van der Waals surface area contributed by atoms with Gasteiger partial charge in [-0.1, -0.05) is 13.8 Å². The lowest BCUT2D eigenvalue weighted by Crippen LogP contribution is -2.15. The molecular weight excluding hydrogens is 266 g/mol. The molecule has 1 aromatic carbocycles. The first-order valence-corrected chi connectivity index (χ1v) is 7.06. The molecule has 5 nitrogen and oxygen atoms in total. The highest BCUT2D eigenvalue weighted by atomic mass is 16.5. The smallest absolute Gasteiger partial charge is 0.251 e. The second-order valence-corrected chi connectivity index (χ2v) is 5.54. The summed E-state index contributed by atoms with van der Waals surface area (Å²) in [6.07, 6.45) is 0. The molecule has 2 aromatic rings. The molecule has 1 atom stereocenters. The zero-order valence-corrected chi connectivity index (χ0v) is 12.6. The summed E-state index contributed by atoms with van der Waals surface area (Å²) in [6.45, 7) is 6.67. The molecule has 2 rings (SSSR count). The molecule has 1 unspecified atom stereocenters. The van der Waals surface area contributed by atoms with Crippen molar-refractivity contribution < 1.29 is 4.74 Å². The standard InChI is InChI=1S/C16H21N3O2/c1-10(2)9-21-13-6-4-12(5-7-13)16-18-14(11(3)17)8-15(20)19-16/h4-8,10-11H,9,17H2,1-3H3,(H,18,19,20). The van der Waals surface area contributed by atoms with Crippen molar-refractivity contribution in [2.45, 2.75) is 26.8 Å². The fourth-order valence-corrected chi connectivity index (χ4v) is 1.82. The summed E-state index contributed by atoms with van der Waals surface area (Å²) in [5, 5.41) is 0. The van der Waals surface area contributed by atoms with E-state index in [2.05, 4.69) is 23.8 Å². The van der Waals surface area contributed by atoms with Crippen molar-refractivity contribution in [1.29, 1.82) is 0 Å². The van der Waals surface area contributed by atoms with E-state index in [1.807, 2.05) is 24.3 Å². The molecule has 3 N–H and O–H groups in total. The van der Waals surface area contributed by atoms with Crippen LogP contribution >= 0.6 is 0 Å². The van der Waals surface area contributed by atoms with Crippen molar-refractivity contribution in [2.75, 3.05) is 6.61 Å². The molecule has 0 aliphatic rings. The lowest BCUT2D eigenvalue weighted by molar-refractivity contribution is 0.271. The van der Waals surface area contributed by atoms with E-state index in [4.69, 9.17) is 10.5 Å². The van der Waals surface area contributed by atoms with Gasteiger partial charge >= 0.3 is 0 Å². The number of benzene rings is 1. The first-order chi connectivity index (χ1) is 9.95. The molecule has 0 spiro atoms. The van der Waals surface area contributed by atoms with Crippen molar-refractivity contribution in [3.63, 3.8) is 0 Å². The van der Waals surface area contributed by atoms with E-state index in [1.54, 1.807) is 6.92 Å². The summed E-state index contributed by atoms with van der Waals surface area (Å²) >= 11 is 0. The number of nitrogens with two attached hydrogens (primary N) is 1. The number of H-pyrrole nitrogens is 1. The van der Waals surface area contributed by atoms with Gasteiger partial charge in [0.2, 0.25) is 0 Å². The SMILES string of the molecule is CC(C)COc1ccc(-c2nc(C(C)N)cc(=O)[nH]2)cc1. The minimum Gasteiger partial charge on any atom is -0.493 e. The maximum Gasteiger partial charge on any atom is 0.251 e. The number of ether oxygens (including phenoxy) is 1. The predicted molar refractivity (Wildman–Crippen MR) is 83.2 cm³/mol. The topological polar surface area (TPSA) is 81.0 Å². The molecule has 0 saturated heterocycles. The van der Waals surface area contributed by atoms with Crippen LogP contribution in [0.3, 0.4) is 0 Å². The highest BCUT2D eigenvalue weighted by molar-refractivity contribution is 5.56. The summed E-state index contributed by atoms with van der Waals surface area (Å²) in [5.41, 5.74) is 6.99. The largest absolute Gasteiger partial charge is 0.493 e. The van der Waals surface area contributed by atoms with Crippen LogP contribution in [0.15, 0.2) is 35.1 Å². The first-order valence-electron chi connectivity index (χ1n) is 7.06. The van der Waals surface area contributed by atoms with Crippen LogP contribution in [0, 0.1) is 5.92 Å². The Balaban J connectivity index is 2.24. The minimum absolute atomic E-state index is 0.201. The predicted octanol–water partition coefficient (Wildman–Crippen LogP) is 2.49. The molecule has 0 aliphatic carbocycles. The van der Waals surface area contributed by atoms with Crippen molar-refractivity contribution >= 4 is 0 Å². The number of hydrogen-bond acceptors (Lipinski definition) is 4.